The minimum Gasteiger partial charge on any atom is -0.446 e. The Balaban J connectivity index is 1.83. The third kappa shape index (κ3) is 3.24. The van der Waals surface area contributed by atoms with Crippen molar-refractivity contribution in [1.82, 2.24) is 10.3 Å². The van der Waals surface area contributed by atoms with Gasteiger partial charge in [0, 0.05) is 24.6 Å². The van der Waals surface area contributed by atoms with Gasteiger partial charge < -0.3 is 9.73 Å². The first-order chi connectivity index (χ1) is 7.38. The van der Waals surface area contributed by atoms with E-state index in [0.717, 1.165) is 36.3 Å². The van der Waals surface area contributed by atoms with Gasteiger partial charge in [0.05, 0.1) is 6.20 Å². The zero-order valence-corrected chi connectivity index (χ0v) is 9.98. The van der Waals surface area contributed by atoms with E-state index in [1.807, 2.05) is 13.2 Å². The molecule has 0 radical (unpaired) electrons. The maximum absolute atomic E-state index is 5.68. The second-order valence-electron chi connectivity index (χ2n) is 3.91. The normalized spacial score (nSPS) is 21.0. The summed E-state index contributed by atoms with van der Waals surface area (Å²) >= 11 is 2.05. The Hall–Kier alpha value is -0.480. The van der Waals surface area contributed by atoms with E-state index in [1.165, 1.54) is 18.6 Å². The standard InChI is InChI=1S/C11H18N2OS/c1-12-5-4-9-8-13-11(14-9)7-10-3-2-6-15-10/h8,10,12H,2-7H2,1H3. The summed E-state index contributed by atoms with van der Waals surface area (Å²) in [5.74, 6) is 3.22. The van der Waals surface area contributed by atoms with Crippen LogP contribution in [0.25, 0.3) is 0 Å². The van der Waals surface area contributed by atoms with Gasteiger partial charge in [-0.1, -0.05) is 0 Å². The molecule has 1 N–H and O–H groups in total. The van der Waals surface area contributed by atoms with Crippen LogP contribution in [0.2, 0.25) is 0 Å². The molecule has 0 amide bonds. The van der Waals surface area contributed by atoms with Crippen LogP contribution in [0.15, 0.2) is 10.6 Å². The molecule has 1 aromatic rings. The molecular weight excluding hydrogens is 208 g/mol. The number of rotatable bonds is 5. The summed E-state index contributed by atoms with van der Waals surface area (Å²) in [7, 11) is 1.95. The number of thioether (sulfide) groups is 1. The SMILES string of the molecule is CNCCc1cnc(CC2CCCS2)o1. The molecule has 0 bridgehead atoms. The summed E-state index contributed by atoms with van der Waals surface area (Å²) in [5, 5.41) is 3.84. The third-order valence-corrected chi connectivity index (χ3v) is 4.05. The molecule has 1 aromatic heterocycles. The Kier molecular flexibility index (Phi) is 4.09. The Bertz CT molecular complexity index is 295. The van der Waals surface area contributed by atoms with Gasteiger partial charge >= 0.3 is 0 Å². The summed E-state index contributed by atoms with van der Waals surface area (Å²) in [5.41, 5.74) is 0. The van der Waals surface area contributed by atoms with Crippen molar-refractivity contribution >= 4 is 11.8 Å². The van der Waals surface area contributed by atoms with Crippen LogP contribution in [0.3, 0.4) is 0 Å². The van der Waals surface area contributed by atoms with E-state index in [0.29, 0.717) is 0 Å². The average Bonchev–Trinajstić information content (AvgIpc) is 2.87. The molecule has 1 fully saturated rings. The molecule has 0 saturated carbocycles. The molecule has 2 rings (SSSR count). The number of aromatic nitrogens is 1. The zero-order chi connectivity index (χ0) is 10.5. The Labute approximate surface area is 95.0 Å². The minimum atomic E-state index is 0.737. The van der Waals surface area contributed by atoms with Crippen molar-refractivity contribution in [3.63, 3.8) is 0 Å². The molecule has 4 heteroatoms. The number of oxazole rings is 1. The summed E-state index contributed by atoms with van der Waals surface area (Å²) in [4.78, 5) is 4.32. The van der Waals surface area contributed by atoms with Crippen LogP contribution in [-0.2, 0) is 12.8 Å². The first kappa shape index (κ1) is 11.0. The average molecular weight is 226 g/mol. The van der Waals surface area contributed by atoms with E-state index in [4.69, 9.17) is 4.42 Å². The first-order valence-corrected chi connectivity index (χ1v) is 6.63. The summed E-state index contributed by atoms with van der Waals surface area (Å²) in [6.07, 6.45) is 6.47. The predicted molar refractivity (Wildman–Crippen MR) is 63.3 cm³/mol. The van der Waals surface area contributed by atoms with E-state index >= 15 is 0 Å². The van der Waals surface area contributed by atoms with Crippen molar-refractivity contribution in [3.05, 3.63) is 17.8 Å². The molecule has 0 spiro atoms. The summed E-state index contributed by atoms with van der Waals surface area (Å²) in [6.45, 7) is 0.951. The summed E-state index contributed by atoms with van der Waals surface area (Å²) in [6, 6.07) is 0. The maximum Gasteiger partial charge on any atom is 0.195 e. The van der Waals surface area contributed by atoms with E-state index in [2.05, 4.69) is 22.1 Å². The fourth-order valence-corrected chi connectivity index (χ4v) is 3.07. The summed E-state index contributed by atoms with van der Waals surface area (Å²) < 4.78 is 5.68. The molecule has 1 aliphatic rings. The molecule has 15 heavy (non-hydrogen) atoms. The smallest absolute Gasteiger partial charge is 0.195 e. The lowest BCUT2D eigenvalue weighted by Gasteiger charge is -2.03. The van der Waals surface area contributed by atoms with Crippen LogP contribution in [0.4, 0.5) is 0 Å². The molecule has 1 saturated heterocycles. The molecule has 2 heterocycles. The Morgan fingerprint density at radius 1 is 1.67 bits per heavy atom. The highest BCUT2D eigenvalue weighted by Gasteiger charge is 2.18. The van der Waals surface area contributed by atoms with Crippen molar-refractivity contribution < 1.29 is 4.42 Å². The van der Waals surface area contributed by atoms with Gasteiger partial charge in [-0.3, -0.25) is 0 Å². The van der Waals surface area contributed by atoms with E-state index in [9.17, 15) is 0 Å². The molecule has 1 aliphatic heterocycles. The van der Waals surface area contributed by atoms with Crippen molar-refractivity contribution in [2.24, 2.45) is 0 Å². The largest absolute Gasteiger partial charge is 0.446 e. The molecule has 0 aromatic carbocycles. The lowest BCUT2D eigenvalue weighted by molar-refractivity contribution is 0.448. The van der Waals surface area contributed by atoms with Crippen LogP contribution < -0.4 is 5.32 Å². The van der Waals surface area contributed by atoms with Crippen LogP contribution in [0.1, 0.15) is 24.5 Å². The quantitative estimate of drug-likeness (QED) is 0.832. The van der Waals surface area contributed by atoms with E-state index < -0.39 is 0 Å². The number of nitrogens with zero attached hydrogens (tertiary/aromatic N) is 1. The molecule has 1 unspecified atom stereocenters. The van der Waals surface area contributed by atoms with Crippen LogP contribution in [0, 0.1) is 0 Å². The predicted octanol–water partition coefficient (Wildman–Crippen LogP) is 1.87. The van der Waals surface area contributed by atoms with Gasteiger partial charge in [-0.2, -0.15) is 11.8 Å². The number of hydrogen-bond donors (Lipinski definition) is 1. The number of hydrogen-bond acceptors (Lipinski definition) is 4. The molecule has 1 atom stereocenters. The molecule has 0 aliphatic carbocycles. The highest BCUT2D eigenvalue weighted by Crippen LogP contribution is 2.28. The van der Waals surface area contributed by atoms with Gasteiger partial charge in [0.1, 0.15) is 5.76 Å². The Morgan fingerprint density at radius 2 is 2.60 bits per heavy atom. The topological polar surface area (TPSA) is 38.1 Å². The van der Waals surface area contributed by atoms with Crippen LogP contribution in [-0.4, -0.2) is 29.6 Å². The number of likely N-dealkylation sites (N-methyl/N-ethyl adjacent to an activating group) is 1. The first-order valence-electron chi connectivity index (χ1n) is 5.58. The zero-order valence-electron chi connectivity index (χ0n) is 9.16. The van der Waals surface area contributed by atoms with Gasteiger partial charge in [0.25, 0.3) is 0 Å². The maximum atomic E-state index is 5.68. The van der Waals surface area contributed by atoms with Gasteiger partial charge in [0.2, 0.25) is 0 Å². The highest BCUT2D eigenvalue weighted by molar-refractivity contribution is 8.00. The van der Waals surface area contributed by atoms with Gasteiger partial charge in [0.15, 0.2) is 5.89 Å². The second kappa shape index (κ2) is 5.56. The van der Waals surface area contributed by atoms with Crippen LogP contribution in [0.5, 0.6) is 0 Å². The van der Waals surface area contributed by atoms with Gasteiger partial charge in [-0.15, -0.1) is 0 Å². The fraction of sp³-hybridized carbons (Fsp3) is 0.727. The fourth-order valence-electron chi connectivity index (χ4n) is 1.81. The van der Waals surface area contributed by atoms with Gasteiger partial charge in [-0.05, 0) is 25.6 Å². The molecule has 84 valence electrons. The molecular formula is C11H18N2OS. The lowest BCUT2D eigenvalue weighted by atomic mass is 10.2. The minimum absolute atomic E-state index is 0.737. The Morgan fingerprint density at radius 3 is 3.33 bits per heavy atom. The van der Waals surface area contributed by atoms with Crippen molar-refractivity contribution in [1.29, 1.82) is 0 Å². The third-order valence-electron chi connectivity index (χ3n) is 2.65. The van der Waals surface area contributed by atoms with E-state index in [-0.39, 0.29) is 0 Å². The molecule has 3 nitrogen and oxygen atoms in total. The van der Waals surface area contributed by atoms with E-state index in [1.54, 1.807) is 0 Å². The van der Waals surface area contributed by atoms with Crippen LogP contribution >= 0.6 is 11.8 Å². The second-order valence-corrected chi connectivity index (χ2v) is 5.32. The lowest BCUT2D eigenvalue weighted by Crippen LogP contribution is -2.09. The highest BCUT2D eigenvalue weighted by atomic mass is 32.2. The van der Waals surface area contributed by atoms with Crippen molar-refractivity contribution in [2.75, 3.05) is 19.3 Å². The van der Waals surface area contributed by atoms with Crippen molar-refractivity contribution in [3.8, 4) is 0 Å². The monoisotopic (exact) mass is 226 g/mol. The van der Waals surface area contributed by atoms with Gasteiger partial charge in [-0.25, -0.2) is 4.98 Å². The number of nitrogens with one attached hydrogen (secondary N) is 1. The van der Waals surface area contributed by atoms with Crippen molar-refractivity contribution in [2.45, 2.75) is 30.9 Å².